The average Bonchev–Trinajstić information content (AvgIpc) is 2.11. The first-order valence-corrected chi connectivity index (χ1v) is 5.89. The van der Waals surface area contributed by atoms with E-state index in [9.17, 15) is 9.59 Å². The highest BCUT2D eigenvalue weighted by atomic mass is 16.6. The molecule has 5 nitrogen and oxygen atoms in total. The summed E-state index contributed by atoms with van der Waals surface area (Å²) in [6.45, 7) is 8.98. The van der Waals surface area contributed by atoms with E-state index >= 15 is 0 Å². The van der Waals surface area contributed by atoms with Gasteiger partial charge in [0.15, 0.2) is 0 Å². The number of hydrogen-bond acceptors (Lipinski definition) is 3. The van der Waals surface area contributed by atoms with E-state index in [1.54, 1.807) is 27.7 Å². The Hall–Kier alpha value is -1.26. The summed E-state index contributed by atoms with van der Waals surface area (Å²) in [6.07, 6.45) is 0.932. The Kier molecular flexibility index (Phi) is 5.99. The Labute approximate surface area is 103 Å². The van der Waals surface area contributed by atoms with E-state index in [-0.39, 0.29) is 5.92 Å². The standard InChI is InChI=1S/C12H23NO4/c1-6-7-8(2)9(10(14)15)13-11(16)17-12(3,4)5/h8-9H,6-7H2,1-5H3,(H,13,16)(H,14,15)/t8?,9-/m0/s1. The maximum absolute atomic E-state index is 11.5. The molecule has 0 aromatic heterocycles. The van der Waals surface area contributed by atoms with Crippen LogP contribution in [0.5, 0.6) is 0 Å². The van der Waals surface area contributed by atoms with Crippen LogP contribution in [-0.2, 0) is 9.53 Å². The van der Waals surface area contributed by atoms with Gasteiger partial charge >= 0.3 is 12.1 Å². The molecule has 0 aromatic rings. The van der Waals surface area contributed by atoms with Gasteiger partial charge in [-0.2, -0.15) is 0 Å². The number of carboxylic acid groups (broad SMARTS) is 1. The first kappa shape index (κ1) is 15.7. The van der Waals surface area contributed by atoms with Crippen LogP contribution in [0.25, 0.3) is 0 Å². The number of alkyl carbamates (subject to hydrolysis) is 1. The van der Waals surface area contributed by atoms with Gasteiger partial charge < -0.3 is 15.2 Å². The van der Waals surface area contributed by atoms with Crippen molar-refractivity contribution in [2.24, 2.45) is 5.92 Å². The van der Waals surface area contributed by atoms with Crippen LogP contribution in [0.1, 0.15) is 47.5 Å². The van der Waals surface area contributed by atoms with E-state index in [1.807, 2.05) is 6.92 Å². The molecule has 0 aromatic carbocycles. The third-order valence-corrected chi connectivity index (χ3v) is 2.25. The number of hydrogen-bond donors (Lipinski definition) is 2. The van der Waals surface area contributed by atoms with Crippen molar-refractivity contribution in [2.75, 3.05) is 0 Å². The molecule has 0 aliphatic heterocycles. The Bertz CT molecular complexity index is 270. The fourth-order valence-electron chi connectivity index (χ4n) is 1.50. The Morgan fingerprint density at radius 2 is 1.88 bits per heavy atom. The number of nitrogens with one attached hydrogen (secondary N) is 1. The van der Waals surface area contributed by atoms with Crippen LogP contribution in [0.15, 0.2) is 0 Å². The predicted molar refractivity (Wildman–Crippen MR) is 64.9 cm³/mol. The van der Waals surface area contributed by atoms with Crippen molar-refractivity contribution in [2.45, 2.75) is 59.1 Å². The minimum atomic E-state index is -1.03. The lowest BCUT2D eigenvalue weighted by Gasteiger charge is -2.24. The molecule has 0 aliphatic carbocycles. The summed E-state index contributed by atoms with van der Waals surface area (Å²) < 4.78 is 5.03. The van der Waals surface area contributed by atoms with Crippen LogP contribution in [0, 0.1) is 5.92 Å². The maximum atomic E-state index is 11.5. The van der Waals surface area contributed by atoms with Gasteiger partial charge in [0.1, 0.15) is 11.6 Å². The lowest BCUT2D eigenvalue weighted by molar-refractivity contribution is -0.140. The van der Waals surface area contributed by atoms with Gasteiger partial charge in [-0.15, -0.1) is 0 Å². The lowest BCUT2D eigenvalue weighted by Crippen LogP contribution is -2.47. The Morgan fingerprint density at radius 1 is 1.35 bits per heavy atom. The number of carbonyl (C=O) groups is 2. The molecule has 0 heterocycles. The van der Waals surface area contributed by atoms with E-state index in [4.69, 9.17) is 9.84 Å². The molecule has 1 amide bonds. The first-order chi connectivity index (χ1) is 7.67. The molecule has 100 valence electrons. The molecule has 0 bridgehead atoms. The van der Waals surface area contributed by atoms with Gasteiger partial charge in [-0.3, -0.25) is 0 Å². The molecule has 1 unspecified atom stereocenters. The van der Waals surface area contributed by atoms with E-state index in [2.05, 4.69) is 5.32 Å². The third kappa shape index (κ3) is 6.81. The molecular formula is C12H23NO4. The SMILES string of the molecule is CCCC(C)[C@H](NC(=O)OC(C)(C)C)C(=O)O. The molecule has 2 N–H and O–H groups in total. The van der Waals surface area contributed by atoms with Gasteiger partial charge in [-0.25, -0.2) is 9.59 Å². The largest absolute Gasteiger partial charge is 0.480 e. The van der Waals surface area contributed by atoms with Gasteiger partial charge in [0, 0.05) is 0 Å². The Morgan fingerprint density at radius 3 is 2.24 bits per heavy atom. The van der Waals surface area contributed by atoms with Crippen molar-refractivity contribution in [3.63, 3.8) is 0 Å². The molecule has 0 aliphatic rings. The second-order valence-electron chi connectivity index (χ2n) is 5.23. The molecule has 2 atom stereocenters. The molecule has 5 heteroatoms. The zero-order chi connectivity index (χ0) is 13.6. The number of aliphatic carboxylic acids is 1. The summed E-state index contributed by atoms with van der Waals surface area (Å²) in [7, 11) is 0. The van der Waals surface area contributed by atoms with E-state index < -0.39 is 23.7 Å². The van der Waals surface area contributed by atoms with Gasteiger partial charge in [0.25, 0.3) is 0 Å². The van der Waals surface area contributed by atoms with Crippen LogP contribution < -0.4 is 5.32 Å². The van der Waals surface area contributed by atoms with E-state index in [0.717, 1.165) is 12.8 Å². The summed E-state index contributed by atoms with van der Waals surface area (Å²) in [6, 6.07) is -0.898. The van der Waals surface area contributed by atoms with E-state index in [0.29, 0.717) is 0 Å². The quantitative estimate of drug-likeness (QED) is 0.779. The topological polar surface area (TPSA) is 75.6 Å². The normalized spacial score (nSPS) is 14.9. The number of carbonyl (C=O) groups excluding carboxylic acids is 1. The van der Waals surface area contributed by atoms with Crippen LogP contribution in [-0.4, -0.2) is 28.8 Å². The summed E-state index contributed by atoms with van der Waals surface area (Å²) in [5, 5.41) is 11.4. The zero-order valence-corrected chi connectivity index (χ0v) is 11.2. The second-order valence-corrected chi connectivity index (χ2v) is 5.23. The lowest BCUT2D eigenvalue weighted by atomic mass is 9.97. The fraction of sp³-hybridized carbons (Fsp3) is 0.833. The number of rotatable bonds is 5. The number of ether oxygens (including phenoxy) is 1. The molecule has 0 fully saturated rings. The van der Waals surface area contributed by atoms with Crippen molar-refractivity contribution in [1.82, 2.24) is 5.32 Å². The first-order valence-electron chi connectivity index (χ1n) is 5.89. The minimum absolute atomic E-state index is 0.120. The molecule has 0 saturated heterocycles. The molecule has 0 radical (unpaired) electrons. The molecule has 0 saturated carbocycles. The minimum Gasteiger partial charge on any atom is -0.480 e. The molecular weight excluding hydrogens is 222 g/mol. The van der Waals surface area contributed by atoms with E-state index in [1.165, 1.54) is 0 Å². The number of amides is 1. The zero-order valence-electron chi connectivity index (χ0n) is 11.2. The third-order valence-electron chi connectivity index (χ3n) is 2.25. The molecule has 0 rings (SSSR count). The summed E-state index contributed by atoms with van der Waals surface area (Å²) in [5.74, 6) is -1.15. The fourth-order valence-corrected chi connectivity index (χ4v) is 1.50. The highest BCUT2D eigenvalue weighted by molar-refractivity contribution is 5.80. The highest BCUT2D eigenvalue weighted by Crippen LogP contribution is 2.13. The van der Waals surface area contributed by atoms with Gasteiger partial charge in [-0.05, 0) is 33.1 Å². The summed E-state index contributed by atoms with van der Waals surface area (Å²) in [5.41, 5.74) is -0.624. The van der Waals surface area contributed by atoms with Gasteiger partial charge in [0.2, 0.25) is 0 Å². The van der Waals surface area contributed by atoms with Crippen LogP contribution >= 0.6 is 0 Å². The summed E-state index contributed by atoms with van der Waals surface area (Å²) in [4.78, 5) is 22.5. The van der Waals surface area contributed by atoms with Crippen LogP contribution in [0.4, 0.5) is 4.79 Å². The Balaban J connectivity index is 4.45. The molecule has 0 spiro atoms. The van der Waals surface area contributed by atoms with Crippen LogP contribution in [0.3, 0.4) is 0 Å². The average molecular weight is 245 g/mol. The van der Waals surface area contributed by atoms with Gasteiger partial charge in [0.05, 0.1) is 0 Å². The summed E-state index contributed by atoms with van der Waals surface area (Å²) >= 11 is 0. The second kappa shape index (κ2) is 6.47. The van der Waals surface area contributed by atoms with Crippen molar-refractivity contribution < 1.29 is 19.4 Å². The number of carboxylic acids is 1. The van der Waals surface area contributed by atoms with Gasteiger partial charge in [-0.1, -0.05) is 20.3 Å². The van der Waals surface area contributed by atoms with Crippen molar-refractivity contribution in [1.29, 1.82) is 0 Å². The van der Waals surface area contributed by atoms with Crippen molar-refractivity contribution in [3.8, 4) is 0 Å². The monoisotopic (exact) mass is 245 g/mol. The molecule has 17 heavy (non-hydrogen) atoms. The smallest absolute Gasteiger partial charge is 0.408 e. The van der Waals surface area contributed by atoms with Crippen molar-refractivity contribution in [3.05, 3.63) is 0 Å². The maximum Gasteiger partial charge on any atom is 0.408 e. The van der Waals surface area contributed by atoms with Crippen molar-refractivity contribution >= 4 is 12.1 Å². The highest BCUT2D eigenvalue weighted by Gasteiger charge is 2.28. The van der Waals surface area contributed by atoms with Crippen LogP contribution in [0.2, 0.25) is 0 Å². The predicted octanol–water partition coefficient (Wildman–Crippen LogP) is 2.40.